The van der Waals surface area contributed by atoms with Crippen molar-refractivity contribution >= 4 is 41.5 Å². The van der Waals surface area contributed by atoms with E-state index in [2.05, 4.69) is 5.32 Å². The molecule has 2 aromatic carbocycles. The van der Waals surface area contributed by atoms with Gasteiger partial charge in [0.05, 0.1) is 22.9 Å². The third kappa shape index (κ3) is 4.03. The minimum atomic E-state index is -0.633. The second kappa shape index (κ2) is 8.73. The minimum Gasteiger partial charge on any atom is -0.381 e. The van der Waals surface area contributed by atoms with Crippen LogP contribution in [0.1, 0.15) is 33.6 Å². The van der Waals surface area contributed by atoms with Gasteiger partial charge in [0, 0.05) is 18.9 Å². The Bertz CT molecular complexity index is 908. The van der Waals surface area contributed by atoms with Gasteiger partial charge in [-0.25, -0.2) is 4.90 Å². The molecular weight excluding hydrogens is 394 g/mol. The lowest BCUT2D eigenvalue weighted by molar-refractivity contribution is -0.119. The Morgan fingerprint density at radius 2 is 1.66 bits per heavy atom. The van der Waals surface area contributed by atoms with Crippen molar-refractivity contribution in [3.8, 4) is 0 Å². The highest BCUT2D eigenvalue weighted by Gasteiger charge is 2.36. The van der Waals surface area contributed by atoms with E-state index >= 15 is 0 Å². The molecule has 2 aliphatic rings. The van der Waals surface area contributed by atoms with Crippen LogP contribution in [0.5, 0.6) is 0 Å². The summed E-state index contributed by atoms with van der Waals surface area (Å²) in [6.07, 6.45) is 1.51. The first-order valence-electron chi connectivity index (χ1n) is 9.28. The van der Waals surface area contributed by atoms with Crippen molar-refractivity contribution in [1.29, 1.82) is 0 Å². The summed E-state index contributed by atoms with van der Waals surface area (Å²) in [5.74, 6) is -0.953. The molecule has 0 spiro atoms. The number of hydrogen-bond acceptors (Lipinski definition) is 5. The Morgan fingerprint density at radius 3 is 2.28 bits per heavy atom. The summed E-state index contributed by atoms with van der Waals surface area (Å²) in [6.45, 7) is 1.22. The maximum absolute atomic E-state index is 12.6. The molecule has 3 amide bonds. The van der Waals surface area contributed by atoms with Gasteiger partial charge < -0.3 is 15.8 Å². The molecule has 29 heavy (non-hydrogen) atoms. The lowest BCUT2D eigenvalue weighted by Crippen LogP contribution is -2.44. The fourth-order valence-corrected chi connectivity index (χ4v) is 3.66. The van der Waals surface area contributed by atoms with Crippen molar-refractivity contribution in [3.05, 3.63) is 59.7 Å². The van der Waals surface area contributed by atoms with Crippen LogP contribution in [0.15, 0.2) is 48.5 Å². The predicted molar refractivity (Wildman–Crippen MR) is 111 cm³/mol. The Kier molecular flexibility index (Phi) is 6.32. The number of ether oxygens (including phenoxy) is 1. The van der Waals surface area contributed by atoms with Crippen LogP contribution in [-0.4, -0.2) is 37.0 Å². The van der Waals surface area contributed by atoms with Gasteiger partial charge in [-0.15, -0.1) is 12.4 Å². The molecule has 2 aromatic rings. The highest BCUT2D eigenvalue weighted by Crippen LogP contribution is 2.30. The van der Waals surface area contributed by atoms with E-state index < -0.39 is 6.04 Å². The summed E-state index contributed by atoms with van der Waals surface area (Å²) in [5.41, 5.74) is 7.77. The largest absolute Gasteiger partial charge is 0.381 e. The maximum Gasteiger partial charge on any atom is 0.266 e. The molecular formula is C21H22ClN3O4. The first kappa shape index (κ1) is 21.0. The molecule has 0 aliphatic carbocycles. The van der Waals surface area contributed by atoms with Gasteiger partial charge in [-0.1, -0.05) is 18.2 Å². The van der Waals surface area contributed by atoms with E-state index in [0.717, 1.165) is 17.7 Å². The van der Waals surface area contributed by atoms with E-state index in [-0.39, 0.29) is 36.0 Å². The third-order valence-electron chi connectivity index (χ3n) is 5.24. The molecule has 8 heteroatoms. The number of carbonyl (C=O) groups excluding carboxylic acids is 3. The summed E-state index contributed by atoms with van der Waals surface area (Å²) in [6, 6.07) is 12.7. The Labute approximate surface area is 174 Å². The molecule has 7 nitrogen and oxygen atoms in total. The molecule has 1 atom stereocenters. The van der Waals surface area contributed by atoms with Gasteiger partial charge in [0.1, 0.15) is 0 Å². The van der Waals surface area contributed by atoms with Crippen molar-refractivity contribution in [3.63, 3.8) is 0 Å². The zero-order valence-electron chi connectivity index (χ0n) is 15.7. The smallest absolute Gasteiger partial charge is 0.266 e. The van der Waals surface area contributed by atoms with Crippen molar-refractivity contribution in [2.75, 3.05) is 23.4 Å². The maximum atomic E-state index is 12.6. The van der Waals surface area contributed by atoms with E-state index in [0.29, 0.717) is 35.7 Å². The molecule has 4 rings (SSSR count). The van der Waals surface area contributed by atoms with Crippen LogP contribution in [0.3, 0.4) is 0 Å². The number of imide groups is 1. The number of halogens is 1. The Hall–Kier alpha value is -2.74. The second-order valence-corrected chi connectivity index (χ2v) is 7.01. The molecule has 0 radical (unpaired) electrons. The normalized spacial score (nSPS) is 17.5. The fourth-order valence-electron chi connectivity index (χ4n) is 3.66. The van der Waals surface area contributed by atoms with Gasteiger partial charge in [0.15, 0.2) is 0 Å². The first-order chi connectivity index (χ1) is 13.6. The van der Waals surface area contributed by atoms with Crippen LogP contribution in [-0.2, 0) is 9.53 Å². The van der Waals surface area contributed by atoms with Crippen LogP contribution in [0, 0.1) is 5.92 Å². The van der Waals surface area contributed by atoms with E-state index in [4.69, 9.17) is 10.5 Å². The van der Waals surface area contributed by atoms with Crippen molar-refractivity contribution in [2.45, 2.75) is 18.9 Å². The van der Waals surface area contributed by atoms with Crippen LogP contribution >= 0.6 is 12.4 Å². The molecule has 0 bridgehead atoms. The van der Waals surface area contributed by atoms with Crippen molar-refractivity contribution < 1.29 is 19.1 Å². The van der Waals surface area contributed by atoms with Gasteiger partial charge in [-0.3, -0.25) is 14.4 Å². The average Bonchev–Trinajstić information content (AvgIpc) is 2.99. The van der Waals surface area contributed by atoms with E-state index in [1.807, 2.05) is 0 Å². The Balaban J connectivity index is 0.00000240. The average molecular weight is 416 g/mol. The zero-order valence-corrected chi connectivity index (χ0v) is 16.5. The van der Waals surface area contributed by atoms with Crippen LogP contribution in [0.4, 0.5) is 11.4 Å². The number of hydrogen-bond donors (Lipinski definition) is 2. The Morgan fingerprint density at radius 1 is 1.03 bits per heavy atom. The number of rotatable bonds is 4. The standard InChI is InChI=1S/C21H21N3O4.ClH/c22-18(13-8-10-28-11-9-13)19(25)23-14-4-3-5-15(12-14)24-20(26)16-6-1-2-7-17(16)21(24)27;/h1-7,12-13,18H,8-11,22H2,(H,23,25);1H. The molecule has 2 heterocycles. The fraction of sp³-hybridized carbons (Fsp3) is 0.286. The quantitative estimate of drug-likeness (QED) is 0.747. The molecule has 1 unspecified atom stereocenters. The van der Waals surface area contributed by atoms with Gasteiger partial charge in [0.2, 0.25) is 5.91 Å². The summed E-state index contributed by atoms with van der Waals surface area (Å²) >= 11 is 0. The molecule has 152 valence electrons. The molecule has 1 saturated heterocycles. The highest BCUT2D eigenvalue weighted by molar-refractivity contribution is 6.34. The third-order valence-corrected chi connectivity index (χ3v) is 5.24. The second-order valence-electron chi connectivity index (χ2n) is 7.01. The van der Waals surface area contributed by atoms with Gasteiger partial charge in [-0.2, -0.15) is 0 Å². The van der Waals surface area contributed by atoms with Crippen LogP contribution < -0.4 is 16.0 Å². The van der Waals surface area contributed by atoms with E-state index in [1.54, 1.807) is 48.5 Å². The van der Waals surface area contributed by atoms with E-state index in [9.17, 15) is 14.4 Å². The SMILES string of the molecule is Cl.NC(C(=O)Nc1cccc(N2C(=O)c3ccccc3C2=O)c1)C1CCOCC1. The van der Waals surface area contributed by atoms with Gasteiger partial charge >= 0.3 is 0 Å². The summed E-state index contributed by atoms with van der Waals surface area (Å²) < 4.78 is 5.31. The lowest BCUT2D eigenvalue weighted by Gasteiger charge is -2.26. The number of amides is 3. The first-order valence-corrected chi connectivity index (χ1v) is 9.28. The van der Waals surface area contributed by atoms with Crippen molar-refractivity contribution in [1.82, 2.24) is 0 Å². The van der Waals surface area contributed by atoms with Crippen LogP contribution in [0.25, 0.3) is 0 Å². The van der Waals surface area contributed by atoms with Crippen molar-refractivity contribution in [2.24, 2.45) is 11.7 Å². The monoisotopic (exact) mass is 415 g/mol. The van der Waals surface area contributed by atoms with Gasteiger partial charge in [-0.05, 0) is 49.1 Å². The number of nitrogens with two attached hydrogens (primary N) is 1. The molecule has 3 N–H and O–H groups in total. The zero-order chi connectivity index (χ0) is 19.7. The van der Waals surface area contributed by atoms with E-state index in [1.165, 1.54) is 0 Å². The topological polar surface area (TPSA) is 102 Å². The summed E-state index contributed by atoms with van der Waals surface area (Å²) in [4.78, 5) is 38.9. The summed E-state index contributed by atoms with van der Waals surface area (Å²) in [5, 5.41) is 2.80. The number of anilines is 2. The molecule has 0 aromatic heterocycles. The summed E-state index contributed by atoms with van der Waals surface area (Å²) in [7, 11) is 0. The number of nitrogens with zero attached hydrogens (tertiary/aromatic N) is 1. The number of nitrogens with one attached hydrogen (secondary N) is 1. The minimum absolute atomic E-state index is 0. The lowest BCUT2D eigenvalue weighted by atomic mass is 9.92. The van der Waals surface area contributed by atoms with Crippen LogP contribution in [0.2, 0.25) is 0 Å². The number of carbonyl (C=O) groups is 3. The molecule has 1 fully saturated rings. The molecule has 2 aliphatic heterocycles. The van der Waals surface area contributed by atoms with Gasteiger partial charge in [0.25, 0.3) is 11.8 Å². The highest BCUT2D eigenvalue weighted by atomic mass is 35.5. The predicted octanol–water partition coefficient (Wildman–Crippen LogP) is 2.60. The molecule has 0 saturated carbocycles. The number of fused-ring (bicyclic) bond motifs is 1. The number of benzene rings is 2.